The van der Waals surface area contributed by atoms with E-state index in [0.29, 0.717) is 5.92 Å². The Morgan fingerprint density at radius 2 is 1.66 bits per heavy atom. The lowest BCUT2D eigenvalue weighted by Crippen LogP contribution is -2.27. The molecule has 148 valence electrons. The molecule has 4 aromatic rings. The second-order valence-corrected chi connectivity index (χ2v) is 7.84. The molecule has 3 heterocycles. The number of piperidine rings is 1. The summed E-state index contributed by atoms with van der Waals surface area (Å²) >= 11 is 0. The molecule has 29 heavy (non-hydrogen) atoms. The van der Waals surface area contributed by atoms with E-state index in [2.05, 4.69) is 34.6 Å². The van der Waals surface area contributed by atoms with Crippen molar-refractivity contribution in [2.45, 2.75) is 18.8 Å². The number of aromatic amines is 1. The van der Waals surface area contributed by atoms with Crippen LogP contribution in [0.5, 0.6) is 0 Å². The summed E-state index contributed by atoms with van der Waals surface area (Å²) in [7, 11) is 3.63. The number of benzene rings is 2. The van der Waals surface area contributed by atoms with Gasteiger partial charge in [0.05, 0.1) is 22.4 Å². The molecule has 2 aromatic heterocycles. The van der Waals surface area contributed by atoms with Crippen LogP contribution in [0.3, 0.4) is 0 Å². The zero-order chi connectivity index (χ0) is 20.0. The predicted octanol–water partition coefficient (Wildman–Crippen LogP) is 3.40. The molecule has 1 aliphatic heterocycles. The summed E-state index contributed by atoms with van der Waals surface area (Å²) < 4.78 is 3.38. The van der Waals surface area contributed by atoms with Crippen molar-refractivity contribution in [3.05, 3.63) is 64.8 Å². The number of hydrogen-bond acceptors (Lipinski definition) is 3. The molecule has 0 spiro atoms. The summed E-state index contributed by atoms with van der Waals surface area (Å²) in [5.41, 5.74) is 5.96. The predicted molar refractivity (Wildman–Crippen MR) is 116 cm³/mol. The summed E-state index contributed by atoms with van der Waals surface area (Å²) in [4.78, 5) is 21.0. The van der Waals surface area contributed by atoms with E-state index in [-0.39, 0.29) is 5.69 Å². The maximum absolute atomic E-state index is 12.3. The number of nitrogens with zero attached hydrogens (tertiary/aromatic N) is 3. The Hall–Kier alpha value is -3.12. The molecule has 0 saturated carbocycles. The van der Waals surface area contributed by atoms with Crippen LogP contribution in [0.25, 0.3) is 33.5 Å². The molecule has 0 unspecified atom stereocenters. The van der Waals surface area contributed by atoms with Crippen molar-refractivity contribution in [1.82, 2.24) is 24.4 Å². The smallest absolute Gasteiger partial charge is 0.328 e. The molecule has 0 amide bonds. The van der Waals surface area contributed by atoms with Crippen LogP contribution in [0.15, 0.2) is 53.3 Å². The van der Waals surface area contributed by atoms with Crippen LogP contribution in [0.2, 0.25) is 0 Å². The SMILES string of the molecule is Cn1c(=O)n(C)c2cc(-c3nc(C4CCNCC4)[nH]c3-c3ccccc3)ccc21. The lowest BCUT2D eigenvalue weighted by molar-refractivity contribution is 0.447. The Bertz CT molecular complexity index is 1230. The normalized spacial score (nSPS) is 15.2. The third-order valence-electron chi connectivity index (χ3n) is 6.06. The molecule has 2 N–H and O–H groups in total. The number of rotatable bonds is 3. The molecule has 0 aliphatic carbocycles. The highest BCUT2D eigenvalue weighted by molar-refractivity contribution is 5.86. The number of aryl methyl sites for hydroxylation is 2. The zero-order valence-electron chi connectivity index (χ0n) is 16.8. The van der Waals surface area contributed by atoms with Gasteiger partial charge in [0.15, 0.2) is 0 Å². The summed E-state index contributed by atoms with van der Waals surface area (Å²) in [6.45, 7) is 2.05. The number of fused-ring (bicyclic) bond motifs is 1. The molecular weight excluding hydrogens is 362 g/mol. The van der Waals surface area contributed by atoms with Crippen molar-refractivity contribution in [3.8, 4) is 22.5 Å². The van der Waals surface area contributed by atoms with Crippen LogP contribution < -0.4 is 11.0 Å². The van der Waals surface area contributed by atoms with Crippen LogP contribution in [0, 0.1) is 0 Å². The second kappa shape index (κ2) is 7.04. The first-order valence-electron chi connectivity index (χ1n) is 10.2. The van der Waals surface area contributed by atoms with Crippen molar-refractivity contribution in [2.24, 2.45) is 14.1 Å². The molecule has 0 radical (unpaired) electrons. The highest BCUT2D eigenvalue weighted by Crippen LogP contribution is 2.34. The van der Waals surface area contributed by atoms with Gasteiger partial charge in [-0.25, -0.2) is 9.78 Å². The molecule has 0 atom stereocenters. The Labute approximate surface area is 169 Å². The van der Waals surface area contributed by atoms with Crippen molar-refractivity contribution in [1.29, 1.82) is 0 Å². The van der Waals surface area contributed by atoms with Gasteiger partial charge in [-0.3, -0.25) is 9.13 Å². The summed E-state index contributed by atoms with van der Waals surface area (Å²) in [6.07, 6.45) is 2.18. The maximum Gasteiger partial charge on any atom is 0.328 e. The number of hydrogen-bond donors (Lipinski definition) is 2. The van der Waals surface area contributed by atoms with E-state index in [1.165, 1.54) is 0 Å². The minimum atomic E-state index is -0.0159. The lowest BCUT2D eigenvalue weighted by Gasteiger charge is -2.20. The van der Waals surface area contributed by atoms with Gasteiger partial charge in [0.2, 0.25) is 0 Å². The Morgan fingerprint density at radius 1 is 0.931 bits per heavy atom. The van der Waals surface area contributed by atoms with Crippen LogP contribution in [-0.2, 0) is 14.1 Å². The summed E-state index contributed by atoms with van der Waals surface area (Å²) in [6, 6.07) is 16.5. The third kappa shape index (κ3) is 3.00. The van der Waals surface area contributed by atoms with E-state index in [9.17, 15) is 4.79 Å². The van der Waals surface area contributed by atoms with Gasteiger partial charge in [-0.1, -0.05) is 36.4 Å². The quantitative estimate of drug-likeness (QED) is 0.566. The first-order chi connectivity index (χ1) is 14.1. The molecule has 1 aliphatic rings. The van der Waals surface area contributed by atoms with E-state index >= 15 is 0 Å². The molecular formula is C23H25N5O. The minimum Gasteiger partial charge on any atom is -0.341 e. The fourth-order valence-corrected chi connectivity index (χ4v) is 4.36. The fraction of sp³-hybridized carbons (Fsp3) is 0.304. The summed E-state index contributed by atoms with van der Waals surface area (Å²) in [5, 5.41) is 3.43. The average molecular weight is 387 g/mol. The largest absolute Gasteiger partial charge is 0.341 e. The van der Waals surface area contributed by atoms with Gasteiger partial charge in [0.1, 0.15) is 5.82 Å². The van der Waals surface area contributed by atoms with Gasteiger partial charge < -0.3 is 10.3 Å². The highest BCUT2D eigenvalue weighted by atomic mass is 16.1. The van der Waals surface area contributed by atoms with E-state index < -0.39 is 0 Å². The molecule has 1 saturated heterocycles. The standard InChI is InChI=1S/C23H25N5O/c1-27-18-9-8-17(14-19(18)28(2)23(27)29)21-20(15-6-4-3-5-7-15)25-22(26-21)16-10-12-24-13-11-16/h3-9,14,16,24H,10-13H2,1-2H3,(H,25,26). The van der Waals surface area contributed by atoms with Gasteiger partial charge in [-0.15, -0.1) is 0 Å². The monoisotopic (exact) mass is 387 g/mol. The van der Waals surface area contributed by atoms with Crippen molar-refractivity contribution >= 4 is 11.0 Å². The van der Waals surface area contributed by atoms with E-state index in [1.807, 2.05) is 38.4 Å². The van der Waals surface area contributed by atoms with Crippen molar-refractivity contribution < 1.29 is 0 Å². The molecule has 2 aromatic carbocycles. The van der Waals surface area contributed by atoms with Gasteiger partial charge in [0.25, 0.3) is 0 Å². The third-order valence-corrected chi connectivity index (χ3v) is 6.06. The lowest BCUT2D eigenvalue weighted by atomic mass is 9.98. The van der Waals surface area contributed by atoms with Crippen LogP contribution in [0.4, 0.5) is 0 Å². The van der Waals surface area contributed by atoms with Crippen LogP contribution >= 0.6 is 0 Å². The summed E-state index contributed by atoms with van der Waals surface area (Å²) in [5.74, 6) is 1.50. The van der Waals surface area contributed by atoms with Crippen molar-refractivity contribution in [2.75, 3.05) is 13.1 Å². The fourth-order valence-electron chi connectivity index (χ4n) is 4.36. The molecule has 0 bridgehead atoms. The van der Waals surface area contributed by atoms with E-state index in [4.69, 9.17) is 4.98 Å². The van der Waals surface area contributed by atoms with Crippen LogP contribution in [0.1, 0.15) is 24.6 Å². The highest BCUT2D eigenvalue weighted by Gasteiger charge is 2.22. The number of imidazole rings is 2. The van der Waals surface area contributed by atoms with Crippen molar-refractivity contribution in [3.63, 3.8) is 0 Å². The topological polar surface area (TPSA) is 67.6 Å². The zero-order valence-corrected chi connectivity index (χ0v) is 16.8. The maximum atomic E-state index is 12.3. The molecule has 1 fully saturated rings. The minimum absolute atomic E-state index is 0.0159. The average Bonchev–Trinajstić information content (AvgIpc) is 3.31. The molecule has 6 heteroatoms. The Kier molecular flexibility index (Phi) is 4.36. The molecule has 6 nitrogen and oxygen atoms in total. The Balaban J connectivity index is 1.69. The van der Waals surface area contributed by atoms with Gasteiger partial charge in [-0.05, 0) is 38.1 Å². The van der Waals surface area contributed by atoms with E-state index in [0.717, 1.165) is 65.3 Å². The van der Waals surface area contributed by atoms with Crippen LogP contribution in [-0.4, -0.2) is 32.2 Å². The number of H-pyrrole nitrogens is 1. The van der Waals surface area contributed by atoms with Gasteiger partial charge >= 0.3 is 5.69 Å². The Morgan fingerprint density at radius 3 is 2.41 bits per heavy atom. The van der Waals surface area contributed by atoms with Gasteiger partial charge in [0, 0.05) is 31.1 Å². The first-order valence-corrected chi connectivity index (χ1v) is 10.2. The second-order valence-electron chi connectivity index (χ2n) is 7.84. The van der Waals surface area contributed by atoms with E-state index in [1.54, 1.807) is 9.13 Å². The first kappa shape index (κ1) is 17.9. The number of aromatic nitrogens is 4. The molecule has 5 rings (SSSR count). The number of nitrogens with one attached hydrogen (secondary N) is 2. The van der Waals surface area contributed by atoms with Gasteiger partial charge in [-0.2, -0.15) is 0 Å².